The Balaban J connectivity index is 3.09. The van der Waals surface area contributed by atoms with E-state index in [4.69, 9.17) is 10.5 Å². The highest BCUT2D eigenvalue weighted by Gasteiger charge is 2.32. The van der Waals surface area contributed by atoms with Crippen molar-refractivity contribution in [3.63, 3.8) is 0 Å². The van der Waals surface area contributed by atoms with E-state index in [1.807, 2.05) is 6.92 Å². The minimum atomic E-state index is -4.48. The number of aliphatic hydroxyl groups excluding tert-OH is 1. The molecule has 0 amide bonds. The molecule has 4 nitrogen and oxygen atoms in total. The molecule has 2 atom stereocenters. The fourth-order valence-electron chi connectivity index (χ4n) is 2.00. The molecule has 0 fully saturated rings. The molecule has 1 rings (SSSR count). The number of ether oxygens (including phenoxy) is 1. The van der Waals surface area contributed by atoms with E-state index in [9.17, 15) is 18.3 Å². The molecule has 0 saturated carbocycles. The van der Waals surface area contributed by atoms with Crippen LogP contribution < -0.4 is 15.8 Å². The number of nitrogens with two attached hydrogens (primary N) is 1. The lowest BCUT2D eigenvalue weighted by Gasteiger charge is -2.23. The van der Waals surface area contributed by atoms with Crippen LogP contribution in [0.25, 0.3) is 0 Å². The Morgan fingerprint density at radius 2 is 2.05 bits per heavy atom. The van der Waals surface area contributed by atoms with Crippen molar-refractivity contribution < 1.29 is 23.0 Å². The summed E-state index contributed by atoms with van der Waals surface area (Å²) in [5.74, 6) is 0.238. The van der Waals surface area contributed by atoms with Crippen LogP contribution in [0.3, 0.4) is 0 Å². The topological polar surface area (TPSA) is 67.5 Å². The summed E-state index contributed by atoms with van der Waals surface area (Å²) in [5, 5.41) is 13.2. The highest BCUT2D eigenvalue weighted by atomic mass is 19.4. The van der Waals surface area contributed by atoms with Gasteiger partial charge in [0.25, 0.3) is 0 Å². The molecule has 0 spiro atoms. The minimum absolute atomic E-state index is 0.0758. The number of hydrogen-bond donors (Lipinski definition) is 3. The number of alkyl halides is 3. The van der Waals surface area contributed by atoms with Crippen LogP contribution in [0.4, 0.5) is 13.2 Å². The molecule has 0 bridgehead atoms. The first-order chi connectivity index (χ1) is 10.3. The van der Waals surface area contributed by atoms with Crippen molar-refractivity contribution in [1.82, 2.24) is 5.32 Å². The molecule has 0 aliphatic rings. The van der Waals surface area contributed by atoms with Crippen LogP contribution in [0.15, 0.2) is 18.2 Å². The van der Waals surface area contributed by atoms with Crippen molar-refractivity contribution >= 4 is 0 Å². The predicted molar refractivity (Wildman–Crippen MR) is 78.7 cm³/mol. The van der Waals surface area contributed by atoms with Gasteiger partial charge < -0.3 is 20.9 Å². The van der Waals surface area contributed by atoms with Gasteiger partial charge in [0.2, 0.25) is 0 Å². The first kappa shape index (κ1) is 18.7. The van der Waals surface area contributed by atoms with Crippen LogP contribution >= 0.6 is 0 Å². The van der Waals surface area contributed by atoms with Crippen molar-refractivity contribution in [2.45, 2.75) is 38.1 Å². The monoisotopic (exact) mass is 320 g/mol. The molecule has 22 heavy (non-hydrogen) atoms. The second kappa shape index (κ2) is 8.36. The third-order valence-electron chi connectivity index (χ3n) is 3.25. The van der Waals surface area contributed by atoms with Crippen molar-refractivity contribution in [3.8, 4) is 5.75 Å². The number of rotatable bonds is 8. The molecular weight excluding hydrogens is 297 g/mol. The normalized spacial score (nSPS) is 14.7. The van der Waals surface area contributed by atoms with Crippen LogP contribution in [-0.2, 0) is 6.18 Å². The maximum Gasteiger partial charge on any atom is 0.416 e. The van der Waals surface area contributed by atoms with Gasteiger partial charge in [0.1, 0.15) is 5.75 Å². The average molecular weight is 320 g/mol. The summed E-state index contributed by atoms with van der Waals surface area (Å²) >= 11 is 0. The summed E-state index contributed by atoms with van der Waals surface area (Å²) in [7, 11) is 1.74. The van der Waals surface area contributed by atoms with Gasteiger partial charge in [-0.05, 0) is 44.6 Å². The van der Waals surface area contributed by atoms with Crippen LogP contribution in [0.1, 0.15) is 37.0 Å². The molecule has 2 unspecified atom stereocenters. The summed E-state index contributed by atoms with van der Waals surface area (Å²) in [5.41, 5.74) is 5.11. The molecular formula is C15H23F3N2O2. The minimum Gasteiger partial charge on any atom is -0.493 e. The smallest absolute Gasteiger partial charge is 0.416 e. The van der Waals surface area contributed by atoms with Gasteiger partial charge in [0.05, 0.1) is 18.3 Å². The zero-order valence-corrected chi connectivity index (χ0v) is 12.8. The molecule has 0 heterocycles. The van der Waals surface area contributed by atoms with E-state index in [0.29, 0.717) is 26.0 Å². The lowest BCUT2D eigenvalue weighted by Crippen LogP contribution is -2.32. The van der Waals surface area contributed by atoms with E-state index >= 15 is 0 Å². The van der Waals surface area contributed by atoms with Gasteiger partial charge in [-0.1, -0.05) is 6.92 Å². The third kappa shape index (κ3) is 5.15. The van der Waals surface area contributed by atoms with Crippen LogP contribution in [0.2, 0.25) is 0 Å². The molecule has 0 aromatic heterocycles. The van der Waals surface area contributed by atoms with Gasteiger partial charge in [0, 0.05) is 11.6 Å². The van der Waals surface area contributed by atoms with Gasteiger partial charge in [-0.25, -0.2) is 0 Å². The number of benzene rings is 1. The second-order valence-corrected chi connectivity index (χ2v) is 5.10. The first-order valence-electron chi connectivity index (χ1n) is 7.23. The van der Waals surface area contributed by atoms with E-state index in [1.165, 1.54) is 6.07 Å². The molecule has 1 aromatic rings. The molecule has 0 saturated heterocycles. The third-order valence-corrected chi connectivity index (χ3v) is 3.25. The SMILES string of the molecule is CCCOc1ccc(C(F)(F)F)cc1C(O)C(N)CCNC. The maximum atomic E-state index is 12.9. The molecule has 1 aromatic carbocycles. The van der Waals surface area contributed by atoms with Crippen molar-refractivity contribution in [3.05, 3.63) is 29.3 Å². The molecule has 7 heteroatoms. The number of halogens is 3. The molecule has 0 aliphatic carbocycles. The fourth-order valence-corrected chi connectivity index (χ4v) is 2.00. The van der Waals surface area contributed by atoms with Gasteiger partial charge in [-0.2, -0.15) is 13.2 Å². The van der Waals surface area contributed by atoms with Crippen molar-refractivity contribution in [1.29, 1.82) is 0 Å². The van der Waals surface area contributed by atoms with Crippen LogP contribution in [-0.4, -0.2) is 31.3 Å². The lowest BCUT2D eigenvalue weighted by atomic mass is 9.97. The van der Waals surface area contributed by atoms with Gasteiger partial charge in [-0.15, -0.1) is 0 Å². The molecule has 126 valence electrons. The van der Waals surface area contributed by atoms with Gasteiger partial charge >= 0.3 is 6.18 Å². The van der Waals surface area contributed by atoms with E-state index in [-0.39, 0.29) is 11.3 Å². The zero-order chi connectivity index (χ0) is 16.8. The summed E-state index contributed by atoms with van der Waals surface area (Å²) in [6.07, 6.45) is -4.56. The van der Waals surface area contributed by atoms with Gasteiger partial charge in [0.15, 0.2) is 0 Å². The largest absolute Gasteiger partial charge is 0.493 e. The van der Waals surface area contributed by atoms with E-state index in [0.717, 1.165) is 12.1 Å². The lowest BCUT2D eigenvalue weighted by molar-refractivity contribution is -0.137. The highest BCUT2D eigenvalue weighted by Crippen LogP contribution is 2.35. The summed E-state index contributed by atoms with van der Waals surface area (Å²) < 4.78 is 44.0. The van der Waals surface area contributed by atoms with Crippen LogP contribution in [0, 0.1) is 0 Å². The second-order valence-electron chi connectivity index (χ2n) is 5.10. The highest BCUT2D eigenvalue weighted by molar-refractivity contribution is 5.40. The Labute approximate surface area is 128 Å². The average Bonchev–Trinajstić information content (AvgIpc) is 2.48. The molecule has 0 aliphatic heterocycles. The summed E-state index contributed by atoms with van der Waals surface area (Å²) in [6.45, 7) is 2.80. The number of aliphatic hydroxyl groups is 1. The van der Waals surface area contributed by atoms with E-state index in [1.54, 1.807) is 7.05 Å². The van der Waals surface area contributed by atoms with Crippen molar-refractivity contribution in [2.24, 2.45) is 5.73 Å². The Morgan fingerprint density at radius 1 is 1.36 bits per heavy atom. The Kier molecular flexibility index (Phi) is 7.12. The zero-order valence-electron chi connectivity index (χ0n) is 12.8. The van der Waals surface area contributed by atoms with E-state index < -0.39 is 23.9 Å². The predicted octanol–water partition coefficient (Wildman–Crippen LogP) is 2.46. The fraction of sp³-hybridized carbons (Fsp3) is 0.600. The number of nitrogens with one attached hydrogen (secondary N) is 1. The first-order valence-corrected chi connectivity index (χ1v) is 7.23. The summed E-state index contributed by atoms with van der Waals surface area (Å²) in [4.78, 5) is 0. The quantitative estimate of drug-likeness (QED) is 0.688. The Bertz CT molecular complexity index is 467. The maximum absolute atomic E-state index is 12.9. The van der Waals surface area contributed by atoms with Crippen molar-refractivity contribution in [2.75, 3.05) is 20.2 Å². The Hall–Kier alpha value is -1.31. The number of hydrogen-bond acceptors (Lipinski definition) is 4. The molecule has 0 radical (unpaired) electrons. The standard InChI is InChI=1S/C15H23F3N2O2/c1-3-8-22-13-5-4-10(15(16,17)18)9-11(13)14(21)12(19)6-7-20-2/h4-5,9,12,14,20-21H,3,6-8,19H2,1-2H3. The molecule has 4 N–H and O–H groups in total. The Morgan fingerprint density at radius 3 is 2.59 bits per heavy atom. The van der Waals surface area contributed by atoms with E-state index in [2.05, 4.69) is 5.32 Å². The summed E-state index contributed by atoms with van der Waals surface area (Å²) in [6, 6.07) is 2.41. The van der Waals surface area contributed by atoms with Crippen LogP contribution in [0.5, 0.6) is 5.75 Å². The van der Waals surface area contributed by atoms with Gasteiger partial charge in [-0.3, -0.25) is 0 Å².